The zero-order valence-electron chi connectivity index (χ0n) is 15.9. The van der Waals surface area contributed by atoms with Crippen LogP contribution in [0.5, 0.6) is 0 Å². The van der Waals surface area contributed by atoms with Crippen molar-refractivity contribution in [2.75, 3.05) is 20.1 Å². The van der Waals surface area contributed by atoms with Crippen LogP contribution in [0.2, 0.25) is 0 Å². The van der Waals surface area contributed by atoms with E-state index < -0.39 is 17.7 Å². The van der Waals surface area contributed by atoms with E-state index >= 15 is 0 Å². The minimum Gasteiger partial charge on any atom is -0.373 e. The number of carbonyl (C=O) groups is 2. The molecule has 1 aliphatic rings. The molecule has 27 heavy (non-hydrogen) atoms. The van der Waals surface area contributed by atoms with Crippen LogP contribution in [0.4, 0.5) is 13.2 Å². The number of carbonyl (C=O) groups excluding carboxylic acids is 2. The quantitative estimate of drug-likeness (QED) is 0.869. The summed E-state index contributed by atoms with van der Waals surface area (Å²) in [6, 6.07) is 6.94. The largest absolute Gasteiger partial charge is 0.426 e. The van der Waals surface area contributed by atoms with E-state index in [1.807, 2.05) is 19.1 Å². The molecule has 0 aromatic heterocycles. The third-order valence-corrected chi connectivity index (χ3v) is 5.23. The highest BCUT2D eigenvalue weighted by Gasteiger charge is 2.57. The fraction of sp³-hybridized carbons (Fsp3) is 0.579. The summed E-state index contributed by atoms with van der Waals surface area (Å²) in [7, 11) is 1.66. The van der Waals surface area contributed by atoms with E-state index in [1.165, 1.54) is 0 Å². The van der Waals surface area contributed by atoms with Crippen molar-refractivity contribution in [3.63, 3.8) is 0 Å². The van der Waals surface area contributed by atoms with Crippen molar-refractivity contribution in [2.24, 2.45) is 5.92 Å². The van der Waals surface area contributed by atoms with Gasteiger partial charge in [-0.2, -0.15) is 13.2 Å². The maximum atomic E-state index is 12.9. The highest BCUT2D eigenvalue weighted by molar-refractivity contribution is 5.94. The second kappa shape index (κ2) is 7.50. The van der Waals surface area contributed by atoms with Crippen LogP contribution in [0.1, 0.15) is 36.2 Å². The summed E-state index contributed by atoms with van der Waals surface area (Å²) in [5.74, 6) is -1.76. The Labute approximate surface area is 156 Å². The van der Waals surface area contributed by atoms with Gasteiger partial charge in [-0.25, -0.2) is 0 Å². The Bertz CT molecular complexity index is 701. The molecule has 2 amide bonds. The number of rotatable bonds is 3. The minimum absolute atomic E-state index is 0.0429. The van der Waals surface area contributed by atoms with Crippen molar-refractivity contribution in [1.29, 1.82) is 0 Å². The van der Waals surface area contributed by atoms with Crippen LogP contribution in [0.15, 0.2) is 24.3 Å². The average molecular weight is 386 g/mol. The number of piperidine rings is 1. The zero-order valence-corrected chi connectivity index (χ0v) is 15.9. The fourth-order valence-electron chi connectivity index (χ4n) is 3.37. The van der Waals surface area contributed by atoms with Crippen molar-refractivity contribution in [1.82, 2.24) is 9.80 Å². The first-order chi connectivity index (χ1) is 12.4. The Hall–Kier alpha value is -2.09. The molecule has 1 N–H and O–H groups in total. The molecular weight excluding hydrogens is 361 g/mol. The lowest BCUT2D eigenvalue weighted by atomic mass is 9.90. The first-order valence-electron chi connectivity index (χ1n) is 8.78. The van der Waals surface area contributed by atoms with Gasteiger partial charge in [0.2, 0.25) is 5.60 Å². The normalized spacial score (nSPS) is 22.9. The number of benzene rings is 1. The van der Waals surface area contributed by atoms with Gasteiger partial charge < -0.3 is 14.9 Å². The predicted octanol–water partition coefficient (Wildman–Crippen LogP) is 2.62. The number of halogens is 3. The molecule has 5 nitrogen and oxygen atoms in total. The number of hydrogen-bond acceptors (Lipinski definition) is 3. The van der Waals surface area contributed by atoms with E-state index in [2.05, 4.69) is 0 Å². The van der Waals surface area contributed by atoms with E-state index in [-0.39, 0.29) is 31.0 Å². The van der Waals surface area contributed by atoms with Crippen LogP contribution in [0, 0.1) is 12.8 Å². The zero-order chi connectivity index (χ0) is 20.6. The average Bonchev–Trinajstić information content (AvgIpc) is 2.59. The molecule has 3 atom stereocenters. The lowest BCUT2D eigenvalue weighted by molar-refractivity contribution is -0.251. The summed E-state index contributed by atoms with van der Waals surface area (Å²) >= 11 is 0. The molecule has 1 aliphatic heterocycles. The highest BCUT2D eigenvalue weighted by atomic mass is 19.4. The van der Waals surface area contributed by atoms with Gasteiger partial charge in [0.1, 0.15) is 0 Å². The third kappa shape index (κ3) is 4.26. The van der Waals surface area contributed by atoms with Crippen LogP contribution < -0.4 is 0 Å². The molecule has 1 saturated heterocycles. The Morgan fingerprint density at radius 2 is 1.78 bits per heavy atom. The number of hydrogen-bond donors (Lipinski definition) is 1. The molecule has 1 fully saturated rings. The molecule has 0 aliphatic carbocycles. The van der Waals surface area contributed by atoms with Gasteiger partial charge in [-0.05, 0) is 38.3 Å². The Kier molecular flexibility index (Phi) is 5.89. The number of amides is 2. The van der Waals surface area contributed by atoms with E-state index in [0.29, 0.717) is 18.9 Å². The van der Waals surface area contributed by atoms with Crippen LogP contribution in [-0.4, -0.2) is 64.7 Å². The Balaban J connectivity index is 2.07. The van der Waals surface area contributed by atoms with Crippen molar-refractivity contribution >= 4 is 11.8 Å². The summed E-state index contributed by atoms with van der Waals surface area (Å²) in [5.41, 5.74) is -1.84. The van der Waals surface area contributed by atoms with E-state index in [4.69, 9.17) is 0 Å². The van der Waals surface area contributed by atoms with Gasteiger partial charge in [0.15, 0.2) is 0 Å². The summed E-state index contributed by atoms with van der Waals surface area (Å²) in [5, 5.41) is 9.61. The highest BCUT2D eigenvalue weighted by Crippen LogP contribution is 2.33. The molecule has 2 rings (SSSR count). The Morgan fingerprint density at radius 1 is 1.22 bits per heavy atom. The SMILES string of the molecule is Cc1ccc(C(=O)N(C)C2CCN(C(=O)[C@@](C)(O)C(F)(F)F)CC2C)cc1. The van der Waals surface area contributed by atoms with Gasteiger partial charge in [-0.15, -0.1) is 0 Å². The maximum absolute atomic E-state index is 12.9. The van der Waals surface area contributed by atoms with Crippen LogP contribution in [-0.2, 0) is 4.79 Å². The van der Waals surface area contributed by atoms with Crippen LogP contribution in [0.25, 0.3) is 0 Å². The van der Waals surface area contributed by atoms with Gasteiger partial charge in [0.25, 0.3) is 11.8 Å². The summed E-state index contributed by atoms with van der Waals surface area (Å²) in [6.07, 6.45) is -4.70. The lowest BCUT2D eigenvalue weighted by Gasteiger charge is -2.43. The number of aryl methyl sites for hydroxylation is 1. The molecule has 1 aromatic carbocycles. The molecule has 150 valence electrons. The molecule has 0 saturated carbocycles. The first kappa shape index (κ1) is 21.2. The van der Waals surface area contributed by atoms with Crippen LogP contribution >= 0.6 is 0 Å². The molecule has 0 radical (unpaired) electrons. The van der Waals surface area contributed by atoms with Gasteiger partial charge >= 0.3 is 6.18 Å². The maximum Gasteiger partial charge on any atom is 0.426 e. The Morgan fingerprint density at radius 3 is 2.26 bits per heavy atom. The number of nitrogens with zero attached hydrogens (tertiary/aromatic N) is 2. The standard InChI is InChI=1S/C19H25F3N2O3/c1-12-5-7-14(8-6-12)16(25)23(4)15-9-10-24(11-13(15)2)17(26)18(3,27)19(20,21)22/h5-8,13,15,27H,9-11H2,1-4H3/t13?,15?,18-/m1/s1. The lowest BCUT2D eigenvalue weighted by Crippen LogP contribution is -2.60. The predicted molar refractivity (Wildman–Crippen MR) is 94.1 cm³/mol. The molecule has 1 aromatic rings. The number of alkyl halides is 3. The van der Waals surface area contributed by atoms with E-state index in [1.54, 1.807) is 31.0 Å². The topological polar surface area (TPSA) is 60.9 Å². The van der Waals surface area contributed by atoms with Crippen molar-refractivity contribution < 1.29 is 27.9 Å². The molecule has 0 bridgehead atoms. The van der Waals surface area contributed by atoms with Crippen LogP contribution in [0.3, 0.4) is 0 Å². The van der Waals surface area contributed by atoms with Crippen molar-refractivity contribution in [3.8, 4) is 0 Å². The second-order valence-corrected chi connectivity index (χ2v) is 7.44. The van der Waals surface area contributed by atoms with Gasteiger partial charge in [0, 0.05) is 31.7 Å². The fourth-order valence-corrected chi connectivity index (χ4v) is 3.37. The van der Waals surface area contributed by atoms with Gasteiger partial charge in [-0.3, -0.25) is 9.59 Å². The second-order valence-electron chi connectivity index (χ2n) is 7.44. The third-order valence-electron chi connectivity index (χ3n) is 5.23. The van der Waals surface area contributed by atoms with E-state index in [9.17, 15) is 27.9 Å². The van der Waals surface area contributed by atoms with E-state index in [0.717, 1.165) is 10.5 Å². The summed E-state index contributed by atoms with van der Waals surface area (Å²) < 4.78 is 38.7. The molecule has 2 unspecified atom stereocenters. The van der Waals surface area contributed by atoms with Gasteiger partial charge in [0.05, 0.1) is 0 Å². The summed E-state index contributed by atoms with van der Waals surface area (Å²) in [6.45, 7) is 4.26. The molecule has 8 heteroatoms. The molecule has 0 spiro atoms. The number of likely N-dealkylation sites (tertiary alicyclic amines) is 1. The number of aliphatic hydroxyl groups is 1. The minimum atomic E-state index is -5.04. The van der Waals surface area contributed by atoms with Crippen molar-refractivity contribution in [2.45, 2.75) is 45.0 Å². The smallest absolute Gasteiger partial charge is 0.373 e. The first-order valence-corrected chi connectivity index (χ1v) is 8.78. The molecule has 1 heterocycles. The molecular formula is C19H25F3N2O3. The summed E-state index contributed by atoms with van der Waals surface area (Å²) in [4.78, 5) is 27.4. The monoisotopic (exact) mass is 386 g/mol. The van der Waals surface area contributed by atoms with Gasteiger partial charge in [-0.1, -0.05) is 24.6 Å². The van der Waals surface area contributed by atoms with Crippen molar-refractivity contribution in [3.05, 3.63) is 35.4 Å².